The van der Waals surface area contributed by atoms with Gasteiger partial charge in [-0.1, -0.05) is 42.5 Å². The molecule has 0 unspecified atom stereocenters. The monoisotopic (exact) mass is 289 g/mol. The second-order valence-corrected chi connectivity index (χ2v) is 5.20. The molecule has 5 nitrogen and oxygen atoms in total. The number of aromatic nitrogens is 4. The lowest BCUT2D eigenvalue weighted by atomic mass is 10.2. The van der Waals surface area contributed by atoms with Crippen LogP contribution >= 0.6 is 0 Å². The first-order valence-electron chi connectivity index (χ1n) is 7.21. The lowest BCUT2D eigenvalue weighted by Crippen LogP contribution is -2.08. The van der Waals surface area contributed by atoms with Crippen LogP contribution in [0, 0.1) is 6.92 Å². The number of nitrogens with zero attached hydrogens (tertiary/aromatic N) is 4. The van der Waals surface area contributed by atoms with Crippen LogP contribution in [0.3, 0.4) is 0 Å². The molecule has 0 aliphatic rings. The molecule has 108 valence electrons. The van der Waals surface area contributed by atoms with E-state index in [2.05, 4.69) is 27.6 Å². The Bertz CT molecular complexity index is 943. The van der Waals surface area contributed by atoms with Crippen LogP contribution in [-0.2, 0) is 6.54 Å². The first kappa shape index (κ1) is 12.8. The summed E-state index contributed by atoms with van der Waals surface area (Å²) in [6.45, 7) is 2.64. The quantitative estimate of drug-likeness (QED) is 0.629. The summed E-state index contributed by atoms with van der Waals surface area (Å²) in [7, 11) is 0. The first-order valence-corrected chi connectivity index (χ1v) is 7.21. The molecule has 0 aliphatic heterocycles. The number of aryl methyl sites for hydroxylation is 1. The molecule has 5 heteroatoms. The summed E-state index contributed by atoms with van der Waals surface area (Å²) in [4.78, 5) is 4.72. The molecule has 1 N–H and O–H groups in total. The lowest BCUT2D eigenvalue weighted by Gasteiger charge is -2.10. The zero-order valence-corrected chi connectivity index (χ0v) is 12.2. The fourth-order valence-electron chi connectivity index (χ4n) is 2.61. The van der Waals surface area contributed by atoms with Crippen molar-refractivity contribution >= 4 is 22.5 Å². The van der Waals surface area contributed by atoms with Gasteiger partial charge in [0.2, 0.25) is 5.95 Å². The second kappa shape index (κ2) is 5.11. The van der Waals surface area contributed by atoms with Crippen molar-refractivity contribution in [2.75, 3.05) is 5.32 Å². The maximum Gasteiger partial charge on any atom is 0.211 e. The summed E-state index contributed by atoms with van der Waals surface area (Å²) < 4.78 is 1.96. The predicted octanol–water partition coefficient (Wildman–Crippen LogP) is 3.20. The van der Waals surface area contributed by atoms with Crippen LogP contribution in [0.1, 0.15) is 11.4 Å². The molecule has 0 saturated heterocycles. The highest BCUT2D eigenvalue weighted by Gasteiger charge is 2.12. The molecule has 4 rings (SSSR count). The van der Waals surface area contributed by atoms with E-state index < -0.39 is 0 Å². The average molecular weight is 289 g/mol. The first-order chi connectivity index (χ1) is 10.8. The fourth-order valence-corrected chi connectivity index (χ4v) is 2.61. The molecule has 2 aromatic carbocycles. The van der Waals surface area contributed by atoms with E-state index in [9.17, 15) is 0 Å². The highest BCUT2D eigenvalue weighted by Crippen LogP contribution is 2.21. The Morgan fingerprint density at radius 1 is 0.955 bits per heavy atom. The van der Waals surface area contributed by atoms with Gasteiger partial charge in [0.25, 0.3) is 0 Å². The molecule has 0 aliphatic carbocycles. The normalized spacial score (nSPS) is 11.1. The van der Waals surface area contributed by atoms with Gasteiger partial charge < -0.3 is 5.32 Å². The maximum absolute atomic E-state index is 4.72. The Hall–Kier alpha value is -2.95. The number of hydrogen-bond acceptors (Lipinski definition) is 4. The minimum atomic E-state index is 0.707. The van der Waals surface area contributed by atoms with Crippen molar-refractivity contribution in [3.05, 3.63) is 66.0 Å². The van der Waals surface area contributed by atoms with Crippen LogP contribution in [0.2, 0.25) is 0 Å². The van der Waals surface area contributed by atoms with Gasteiger partial charge in [0.15, 0.2) is 5.65 Å². The molecule has 0 fully saturated rings. The Balaban J connectivity index is 1.83. The smallest absolute Gasteiger partial charge is 0.211 e. The Kier molecular flexibility index (Phi) is 2.96. The molecule has 0 amide bonds. The van der Waals surface area contributed by atoms with Gasteiger partial charge in [0, 0.05) is 11.9 Å². The standard InChI is InChI=1S/C17H15N5/c1-12-20-21-16-14-9-5-6-10-15(14)19-17(22(12)16)18-11-13-7-3-2-4-8-13/h2-10H,11H2,1H3,(H,18,19). The zero-order valence-electron chi connectivity index (χ0n) is 12.2. The van der Waals surface area contributed by atoms with Crippen molar-refractivity contribution in [1.82, 2.24) is 19.6 Å². The van der Waals surface area contributed by atoms with Crippen molar-refractivity contribution in [1.29, 1.82) is 0 Å². The van der Waals surface area contributed by atoms with Gasteiger partial charge in [-0.3, -0.25) is 0 Å². The van der Waals surface area contributed by atoms with Crippen LogP contribution in [0.5, 0.6) is 0 Å². The molecule has 0 spiro atoms. The van der Waals surface area contributed by atoms with E-state index in [0.717, 1.165) is 28.3 Å². The molecule has 0 atom stereocenters. The highest BCUT2D eigenvalue weighted by atomic mass is 15.3. The van der Waals surface area contributed by atoms with Gasteiger partial charge >= 0.3 is 0 Å². The Morgan fingerprint density at radius 3 is 2.59 bits per heavy atom. The third-order valence-corrected chi connectivity index (χ3v) is 3.70. The van der Waals surface area contributed by atoms with Gasteiger partial charge in [-0.15, -0.1) is 10.2 Å². The van der Waals surface area contributed by atoms with E-state index >= 15 is 0 Å². The summed E-state index contributed by atoms with van der Waals surface area (Å²) in [5.41, 5.74) is 2.95. The summed E-state index contributed by atoms with van der Waals surface area (Å²) in [6, 6.07) is 18.2. The van der Waals surface area contributed by atoms with Crippen molar-refractivity contribution < 1.29 is 0 Å². The van der Waals surface area contributed by atoms with Gasteiger partial charge in [-0.05, 0) is 24.6 Å². The largest absolute Gasteiger partial charge is 0.351 e. The summed E-state index contributed by atoms with van der Waals surface area (Å²) in [5.74, 6) is 1.59. The van der Waals surface area contributed by atoms with E-state index in [1.165, 1.54) is 5.56 Å². The third-order valence-electron chi connectivity index (χ3n) is 3.70. The molecule has 0 bridgehead atoms. The molecule has 2 aromatic heterocycles. The number of fused-ring (bicyclic) bond motifs is 3. The SMILES string of the molecule is Cc1nnc2c3ccccc3nc(NCc3ccccc3)n12. The Morgan fingerprint density at radius 2 is 1.73 bits per heavy atom. The molecule has 22 heavy (non-hydrogen) atoms. The van der Waals surface area contributed by atoms with Gasteiger partial charge in [-0.2, -0.15) is 0 Å². The average Bonchev–Trinajstić information content (AvgIpc) is 2.96. The van der Waals surface area contributed by atoms with E-state index in [4.69, 9.17) is 4.98 Å². The fraction of sp³-hybridized carbons (Fsp3) is 0.118. The Labute approximate surface area is 127 Å². The van der Waals surface area contributed by atoms with E-state index in [1.807, 2.05) is 53.8 Å². The molecule has 0 saturated carbocycles. The van der Waals surface area contributed by atoms with Gasteiger partial charge in [-0.25, -0.2) is 9.38 Å². The highest BCUT2D eigenvalue weighted by molar-refractivity contribution is 5.92. The summed E-state index contributed by atoms with van der Waals surface area (Å²) in [6.07, 6.45) is 0. The van der Waals surface area contributed by atoms with Crippen molar-refractivity contribution in [3.63, 3.8) is 0 Å². The van der Waals surface area contributed by atoms with Gasteiger partial charge in [0.05, 0.1) is 5.52 Å². The van der Waals surface area contributed by atoms with Crippen LogP contribution in [0.25, 0.3) is 16.6 Å². The van der Waals surface area contributed by atoms with Crippen molar-refractivity contribution in [3.8, 4) is 0 Å². The topological polar surface area (TPSA) is 55.1 Å². The minimum Gasteiger partial charge on any atom is -0.351 e. The van der Waals surface area contributed by atoms with E-state index in [1.54, 1.807) is 0 Å². The van der Waals surface area contributed by atoms with E-state index in [-0.39, 0.29) is 0 Å². The molecule has 0 radical (unpaired) electrons. The molecular weight excluding hydrogens is 274 g/mol. The lowest BCUT2D eigenvalue weighted by molar-refractivity contribution is 0.969. The summed E-state index contributed by atoms with van der Waals surface area (Å²) in [5, 5.41) is 12.9. The van der Waals surface area contributed by atoms with Crippen LogP contribution in [0.4, 0.5) is 5.95 Å². The summed E-state index contributed by atoms with van der Waals surface area (Å²) >= 11 is 0. The predicted molar refractivity (Wildman–Crippen MR) is 86.8 cm³/mol. The van der Waals surface area contributed by atoms with Crippen LogP contribution in [0.15, 0.2) is 54.6 Å². The second-order valence-electron chi connectivity index (χ2n) is 5.20. The number of benzene rings is 2. The molecular formula is C17H15N5. The van der Waals surface area contributed by atoms with Gasteiger partial charge in [0.1, 0.15) is 5.82 Å². The third kappa shape index (κ3) is 2.07. The molecule has 4 aromatic rings. The maximum atomic E-state index is 4.72. The number of hydrogen-bond donors (Lipinski definition) is 1. The van der Waals surface area contributed by atoms with Crippen LogP contribution in [-0.4, -0.2) is 19.6 Å². The number of anilines is 1. The zero-order chi connectivity index (χ0) is 14.9. The van der Waals surface area contributed by atoms with Crippen molar-refractivity contribution in [2.45, 2.75) is 13.5 Å². The van der Waals surface area contributed by atoms with E-state index in [0.29, 0.717) is 6.54 Å². The minimum absolute atomic E-state index is 0.707. The number of nitrogens with one attached hydrogen (secondary N) is 1. The van der Waals surface area contributed by atoms with Crippen molar-refractivity contribution in [2.24, 2.45) is 0 Å². The van der Waals surface area contributed by atoms with Crippen LogP contribution < -0.4 is 5.32 Å². The molecule has 2 heterocycles. The number of rotatable bonds is 3. The number of para-hydroxylation sites is 1.